The summed E-state index contributed by atoms with van der Waals surface area (Å²) in [6.07, 6.45) is 4.53. The number of nitrogen functional groups attached to an aromatic ring is 1. The number of halogens is 2. The van der Waals surface area contributed by atoms with Crippen LogP contribution in [0.3, 0.4) is 0 Å². The molecule has 1 aliphatic heterocycles. The third-order valence-corrected chi connectivity index (χ3v) is 8.66. The molecule has 4 aromatic rings. The fourth-order valence-corrected chi connectivity index (χ4v) is 6.15. The van der Waals surface area contributed by atoms with Crippen molar-refractivity contribution in [3.63, 3.8) is 0 Å². The number of hydrogen-bond donors (Lipinski definition) is 1. The zero-order valence-corrected chi connectivity index (χ0v) is 24.5. The first-order valence-electron chi connectivity index (χ1n) is 14.9. The summed E-state index contributed by atoms with van der Waals surface area (Å²) in [5.41, 5.74) is 6.35. The Kier molecular flexibility index (Phi) is 6.80. The number of anilines is 2. The predicted molar refractivity (Wildman–Crippen MR) is 163 cm³/mol. The van der Waals surface area contributed by atoms with Gasteiger partial charge in [0.2, 0.25) is 11.7 Å². The SMILES string of the molecule is C=CC(=O)N1CCN(c2nc(=O)n(-c3c(C4CC4)nc(C#N)nc3C3CC3)c3nc(-c4c(N)cccc4F)c(F)cc23)[C@@H](C)C1. The largest absolute Gasteiger partial charge is 0.398 e. The first kappa shape index (κ1) is 28.5. The van der Waals surface area contributed by atoms with Crippen LogP contribution in [0.1, 0.15) is 61.7 Å². The molecule has 0 spiro atoms. The van der Waals surface area contributed by atoms with E-state index in [1.165, 1.54) is 34.9 Å². The van der Waals surface area contributed by atoms with Gasteiger partial charge in [-0.25, -0.2) is 33.1 Å². The second-order valence-corrected chi connectivity index (χ2v) is 11.8. The van der Waals surface area contributed by atoms with Gasteiger partial charge in [0.25, 0.3) is 0 Å². The Morgan fingerprint density at radius 2 is 1.76 bits per heavy atom. The third kappa shape index (κ3) is 4.86. The van der Waals surface area contributed by atoms with Crippen molar-refractivity contribution in [2.45, 2.75) is 50.5 Å². The second kappa shape index (κ2) is 10.7. The minimum Gasteiger partial charge on any atom is -0.398 e. The predicted octanol–water partition coefficient (Wildman–Crippen LogP) is 3.95. The molecule has 1 saturated heterocycles. The van der Waals surface area contributed by atoms with Crippen molar-refractivity contribution >= 4 is 28.4 Å². The van der Waals surface area contributed by atoms with Gasteiger partial charge in [0.1, 0.15) is 23.4 Å². The van der Waals surface area contributed by atoms with E-state index in [1.807, 2.05) is 17.9 Å². The average molecular weight is 610 g/mol. The number of benzene rings is 1. The van der Waals surface area contributed by atoms with Crippen LogP contribution in [0.5, 0.6) is 0 Å². The molecule has 0 radical (unpaired) electrons. The summed E-state index contributed by atoms with van der Waals surface area (Å²) >= 11 is 0. The minimum atomic E-state index is -0.846. The molecular weight excluding hydrogens is 580 g/mol. The number of nitriles is 1. The van der Waals surface area contributed by atoms with Gasteiger partial charge in [0.15, 0.2) is 11.5 Å². The van der Waals surface area contributed by atoms with Crippen molar-refractivity contribution in [3.8, 4) is 23.0 Å². The molecule has 11 nitrogen and oxygen atoms in total. The fraction of sp³-hybridized carbons (Fsp3) is 0.344. The molecule has 7 rings (SSSR count). The number of carbonyl (C=O) groups excluding carboxylic acids is 1. The van der Waals surface area contributed by atoms with E-state index >= 15 is 8.78 Å². The van der Waals surface area contributed by atoms with Crippen LogP contribution in [0.15, 0.2) is 41.7 Å². The van der Waals surface area contributed by atoms with Gasteiger partial charge in [-0.1, -0.05) is 12.6 Å². The smallest absolute Gasteiger partial charge is 0.355 e. The maximum atomic E-state index is 16.0. The highest BCUT2D eigenvalue weighted by Gasteiger charge is 2.38. The average Bonchev–Trinajstić information content (AvgIpc) is 3.95. The topological polar surface area (TPSA) is 147 Å². The summed E-state index contributed by atoms with van der Waals surface area (Å²) in [6.45, 7) is 6.43. The van der Waals surface area contributed by atoms with Gasteiger partial charge in [0.05, 0.1) is 28.0 Å². The minimum absolute atomic E-state index is 0.00635. The van der Waals surface area contributed by atoms with E-state index in [2.05, 4.69) is 26.5 Å². The van der Waals surface area contributed by atoms with Gasteiger partial charge >= 0.3 is 5.69 Å². The summed E-state index contributed by atoms with van der Waals surface area (Å²) in [7, 11) is 0. The number of carbonyl (C=O) groups is 1. The van der Waals surface area contributed by atoms with Crippen LogP contribution in [-0.4, -0.2) is 61.0 Å². The Balaban J connectivity index is 1.52. The molecular formula is C32H29F2N9O2. The number of hydrogen-bond acceptors (Lipinski definition) is 9. The number of rotatable bonds is 6. The number of aromatic nitrogens is 5. The van der Waals surface area contributed by atoms with Gasteiger partial charge in [0, 0.05) is 43.2 Å². The number of piperazine rings is 1. The van der Waals surface area contributed by atoms with Crippen LogP contribution in [0.4, 0.5) is 20.3 Å². The summed E-state index contributed by atoms with van der Waals surface area (Å²) in [4.78, 5) is 48.2. The molecule has 1 atom stereocenters. The van der Waals surface area contributed by atoms with E-state index in [4.69, 9.17) is 5.73 Å². The molecule has 2 aliphatic carbocycles. The lowest BCUT2D eigenvalue weighted by atomic mass is 10.1. The third-order valence-electron chi connectivity index (χ3n) is 8.66. The zero-order valence-electron chi connectivity index (χ0n) is 24.5. The maximum Gasteiger partial charge on any atom is 0.355 e. The normalized spacial score (nSPS) is 18.2. The molecule has 1 amide bonds. The monoisotopic (exact) mass is 609 g/mol. The van der Waals surface area contributed by atoms with Crippen molar-refractivity contribution in [2.24, 2.45) is 0 Å². The van der Waals surface area contributed by atoms with E-state index in [9.17, 15) is 14.9 Å². The number of nitrogens with zero attached hydrogens (tertiary/aromatic N) is 8. The van der Waals surface area contributed by atoms with Crippen molar-refractivity contribution in [3.05, 3.63) is 76.3 Å². The summed E-state index contributed by atoms with van der Waals surface area (Å²) < 4.78 is 32.5. The Labute approximate surface area is 256 Å². The molecule has 13 heteroatoms. The van der Waals surface area contributed by atoms with Crippen molar-refractivity contribution in [1.29, 1.82) is 5.26 Å². The van der Waals surface area contributed by atoms with E-state index in [1.54, 1.807) is 4.90 Å². The van der Waals surface area contributed by atoms with E-state index < -0.39 is 17.3 Å². The molecule has 3 aliphatic rings. The molecule has 1 aromatic carbocycles. The summed E-state index contributed by atoms with van der Waals surface area (Å²) in [5, 5.41) is 9.92. The highest BCUT2D eigenvalue weighted by molar-refractivity contribution is 5.92. The molecule has 228 valence electrons. The molecule has 2 N–H and O–H groups in total. The molecule has 0 unspecified atom stereocenters. The van der Waals surface area contributed by atoms with Crippen LogP contribution in [0.25, 0.3) is 28.0 Å². The van der Waals surface area contributed by atoms with Crippen LogP contribution < -0.4 is 16.3 Å². The highest BCUT2D eigenvalue weighted by Crippen LogP contribution is 2.48. The lowest BCUT2D eigenvalue weighted by Crippen LogP contribution is -2.54. The van der Waals surface area contributed by atoms with Gasteiger partial charge in [-0.05, 0) is 56.9 Å². The molecule has 0 bridgehead atoms. The lowest BCUT2D eigenvalue weighted by molar-refractivity contribution is -0.126. The molecule has 4 heterocycles. The molecule has 3 aromatic heterocycles. The number of pyridine rings is 1. The Hall–Kier alpha value is -5.25. The Morgan fingerprint density at radius 1 is 1.07 bits per heavy atom. The first-order valence-corrected chi connectivity index (χ1v) is 14.9. The molecule has 45 heavy (non-hydrogen) atoms. The van der Waals surface area contributed by atoms with Gasteiger partial charge in [-0.2, -0.15) is 10.2 Å². The summed E-state index contributed by atoms with van der Waals surface area (Å²) in [6, 6.07) is 6.98. The number of fused-ring (bicyclic) bond motifs is 1. The van der Waals surface area contributed by atoms with E-state index in [-0.39, 0.29) is 63.4 Å². The van der Waals surface area contributed by atoms with Gasteiger partial charge in [-0.3, -0.25) is 4.79 Å². The molecule has 2 saturated carbocycles. The Morgan fingerprint density at radius 3 is 2.33 bits per heavy atom. The number of nitrogens with two attached hydrogens (primary N) is 1. The van der Waals surface area contributed by atoms with Crippen molar-refractivity contribution in [1.82, 2.24) is 29.4 Å². The van der Waals surface area contributed by atoms with Crippen LogP contribution in [0, 0.1) is 23.0 Å². The van der Waals surface area contributed by atoms with Gasteiger partial charge < -0.3 is 15.5 Å². The maximum absolute atomic E-state index is 16.0. The van der Waals surface area contributed by atoms with E-state index in [0.29, 0.717) is 36.7 Å². The van der Waals surface area contributed by atoms with Crippen molar-refractivity contribution < 1.29 is 13.6 Å². The van der Waals surface area contributed by atoms with Crippen LogP contribution in [-0.2, 0) is 4.79 Å². The standard InChI is InChI=1S/C32H29F2N9O2/c1-3-24(44)41-11-12-42(16(2)15-41)30-19-13-21(34)28(25-20(33)5-4-6-22(25)36)39-31(19)43(32(45)40-30)29-26(17-7-8-17)37-23(14-35)38-27(29)18-9-10-18/h3-6,13,16-18H,1,7-12,15,36H2,2H3/t16-/m0/s1. The van der Waals surface area contributed by atoms with Gasteiger partial charge in [-0.15, -0.1) is 0 Å². The zero-order chi connectivity index (χ0) is 31.6. The first-order chi connectivity index (χ1) is 21.7. The molecule has 3 fully saturated rings. The van der Waals surface area contributed by atoms with Crippen molar-refractivity contribution in [2.75, 3.05) is 30.3 Å². The lowest BCUT2D eigenvalue weighted by Gasteiger charge is -2.40. The number of amides is 1. The van der Waals surface area contributed by atoms with Crippen LogP contribution in [0.2, 0.25) is 0 Å². The van der Waals surface area contributed by atoms with E-state index in [0.717, 1.165) is 25.7 Å². The van der Waals surface area contributed by atoms with Crippen LogP contribution >= 0.6 is 0 Å². The Bertz CT molecular complexity index is 1960. The second-order valence-electron chi connectivity index (χ2n) is 11.8. The highest BCUT2D eigenvalue weighted by atomic mass is 19.1. The quantitative estimate of drug-likeness (QED) is 0.254. The fourth-order valence-electron chi connectivity index (χ4n) is 6.15. The summed E-state index contributed by atoms with van der Waals surface area (Å²) in [5.74, 6) is -1.60.